The van der Waals surface area contributed by atoms with Crippen LogP contribution in [0.25, 0.3) is 0 Å². The fourth-order valence-electron chi connectivity index (χ4n) is 2.37. The summed E-state index contributed by atoms with van der Waals surface area (Å²) < 4.78 is 11.1. The van der Waals surface area contributed by atoms with Gasteiger partial charge in [0.25, 0.3) is 0 Å². The third kappa shape index (κ3) is 2.90. The molecule has 0 radical (unpaired) electrons. The van der Waals surface area contributed by atoms with Crippen LogP contribution < -0.4 is 5.32 Å². The van der Waals surface area contributed by atoms with Crippen LogP contribution in [-0.2, 0) is 16.8 Å². The first-order chi connectivity index (χ1) is 8.68. The third-order valence-corrected chi connectivity index (χ3v) is 3.57. The average molecular weight is 253 g/mol. The van der Waals surface area contributed by atoms with Crippen LogP contribution in [0.4, 0.5) is 0 Å². The van der Waals surface area contributed by atoms with Crippen LogP contribution in [0.3, 0.4) is 0 Å². The summed E-state index contributed by atoms with van der Waals surface area (Å²) in [6, 6.07) is 0.403. The molecule has 0 aromatic carbocycles. The van der Waals surface area contributed by atoms with E-state index < -0.39 is 0 Å². The maximum atomic E-state index is 5.72. The predicted octanol–water partition coefficient (Wildman–Crippen LogP) is 2.03. The summed E-state index contributed by atoms with van der Waals surface area (Å²) in [5, 5.41) is 7.49. The minimum Gasteiger partial charge on any atom is -0.367 e. The Balaban J connectivity index is 2.01. The Hall–Kier alpha value is -0.940. The second-order valence-corrected chi connectivity index (χ2v) is 5.06. The van der Waals surface area contributed by atoms with Gasteiger partial charge in [0.05, 0.1) is 0 Å². The van der Waals surface area contributed by atoms with Gasteiger partial charge < -0.3 is 14.6 Å². The van der Waals surface area contributed by atoms with Crippen molar-refractivity contribution in [3.05, 3.63) is 11.7 Å². The van der Waals surface area contributed by atoms with Crippen molar-refractivity contribution in [2.45, 2.75) is 58.1 Å². The number of rotatable bonds is 6. The van der Waals surface area contributed by atoms with E-state index in [2.05, 4.69) is 29.3 Å². The monoisotopic (exact) mass is 253 g/mol. The van der Waals surface area contributed by atoms with Crippen LogP contribution >= 0.6 is 0 Å². The molecule has 2 rings (SSSR count). The molecular formula is C13H23N3O2. The lowest BCUT2D eigenvalue weighted by Gasteiger charge is -2.17. The van der Waals surface area contributed by atoms with Crippen molar-refractivity contribution < 1.29 is 9.26 Å². The molecule has 102 valence electrons. The van der Waals surface area contributed by atoms with Crippen molar-refractivity contribution in [3.63, 3.8) is 0 Å². The molecule has 0 aliphatic carbocycles. The quantitative estimate of drug-likeness (QED) is 0.840. The van der Waals surface area contributed by atoms with Crippen LogP contribution in [0.2, 0.25) is 0 Å². The van der Waals surface area contributed by atoms with E-state index in [1.807, 2.05) is 6.92 Å². The van der Waals surface area contributed by atoms with Gasteiger partial charge in [-0.05, 0) is 32.7 Å². The summed E-state index contributed by atoms with van der Waals surface area (Å²) in [4.78, 5) is 4.49. The number of nitrogens with zero attached hydrogens (tertiary/aromatic N) is 2. The van der Waals surface area contributed by atoms with E-state index in [0.29, 0.717) is 17.8 Å². The molecule has 1 aromatic heterocycles. The number of likely N-dealkylation sites (N-methyl/N-ethyl adjacent to an activating group) is 1. The molecule has 1 fully saturated rings. The van der Waals surface area contributed by atoms with Gasteiger partial charge in [-0.2, -0.15) is 4.98 Å². The third-order valence-electron chi connectivity index (χ3n) is 3.57. The zero-order valence-corrected chi connectivity index (χ0v) is 11.5. The Labute approximate surface area is 108 Å². The Bertz CT molecular complexity index is 372. The highest BCUT2D eigenvalue weighted by Crippen LogP contribution is 2.33. The van der Waals surface area contributed by atoms with Gasteiger partial charge in [-0.15, -0.1) is 0 Å². The van der Waals surface area contributed by atoms with Crippen molar-refractivity contribution in [1.82, 2.24) is 15.5 Å². The molecule has 1 N–H and O–H groups in total. The van der Waals surface area contributed by atoms with Gasteiger partial charge in [0.15, 0.2) is 0 Å². The fraction of sp³-hybridized carbons (Fsp3) is 0.846. The molecule has 5 nitrogen and oxygen atoms in total. The number of hydrogen-bond acceptors (Lipinski definition) is 5. The number of ether oxygens (including phenoxy) is 1. The minimum absolute atomic E-state index is 0.346. The van der Waals surface area contributed by atoms with Crippen LogP contribution in [0.1, 0.15) is 51.7 Å². The summed E-state index contributed by atoms with van der Waals surface area (Å²) in [7, 11) is 0. The minimum atomic E-state index is -0.346. The summed E-state index contributed by atoms with van der Waals surface area (Å²) in [5.41, 5.74) is -0.346. The average Bonchev–Trinajstić information content (AvgIpc) is 2.98. The van der Waals surface area contributed by atoms with Gasteiger partial charge >= 0.3 is 0 Å². The molecule has 0 spiro atoms. The van der Waals surface area contributed by atoms with Crippen molar-refractivity contribution >= 4 is 0 Å². The molecule has 0 amide bonds. The maximum Gasteiger partial charge on any atom is 0.228 e. The van der Waals surface area contributed by atoms with Gasteiger partial charge in [-0.25, -0.2) is 0 Å². The largest absolute Gasteiger partial charge is 0.367 e. The standard InChI is InChI=1S/C13H23N3O2/c1-4-10(14-5-2)9-11-15-12(16-18-11)13(3)7-6-8-17-13/h10,14H,4-9H2,1-3H3. The van der Waals surface area contributed by atoms with Gasteiger partial charge in [0.1, 0.15) is 5.60 Å². The molecule has 2 heterocycles. The Morgan fingerprint density at radius 3 is 2.89 bits per heavy atom. The second kappa shape index (κ2) is 5.80. The summed E-state index contributed by atoms with van der Waals surface area (Å²) in [6.07, 6.45) is 3.87. The highest BCUT2D eigenvalue weighted by atomic mass is 16.5. The first kappa shape index (κ1) is 13.5. The van der Waals surface area contributed by atoms with E-state index in [4.69, 9.17) is 9.26 Å². The molecule has 1 aliphatic rings. The number of aromatic nitrogens is 2. The van der Waals surface area contributed by atoms with Crippen molar-refractivity contribution in [3.8, 4) is 0 Å². The lowest BCUT2D eigenvalue weighted by atomic mass is 10.0. The van der Waals surface area contributed by atoms with Gasteiger partial charge in [-0.1, -0.05) is 19.0 Å². The highest BCUT2D eigenvalue weighted by Gasteiger charge is 2.36. The Kier molecular flexibility index (Phi) is 4.35. The molecule has 0 bridgehead atoms. The SMILES string of the molecule is CCNC(CC)Cc1nc(C2(C)CCCO2)no1. The van der Waals surface area contributed by atoms with Crippen molar-refractivity contribution in [2.24, 2.45) is 0 Å². The highest BCUT2D eigenvalue weighted by molar-refractivity contribution is 5.02. The smallest absolute Gasteiger partial charge is 0.228 e. The van der Waals surface area contributed by atoms with E-state index >= 15 is 0 Å². The fourth-order valence-corrected chi connectivity index (χ4v) is 2.37. The maximum absolute atomic E-state index is 5.72. The predicted molar refractivity (Wildman–Crippen MR) is 68.3 cm³/mol. The molecule has 2 unspecified atom stereocenters. The molecule has 5 heteroatoms. The number of hydrogen-bond donors (Lipinski definition) is 1. The summed E-state index contributed by atoms with van der Waals surface area (Å²) in [6.45, 7) is 8.05. The van der Waals surface area contributed by atoms with Gasteiger partial charge in [0, 0.05) is 19.1 Å². The molecule has 2 atom stereocenters. The second-order valence-electron chi connectivity index (χ2n) is 5.06. The summed E-state index contributed by atoms with van der Waals surface area (Å²) in [5.74, 6) is 1.40. The van der Waals surface area contributed by atoms with Crippen LogP contribution in [0.5, 0.6) is 0 Å². The molecular weight excluding hydrogens is 230 g/mol. The zero-order valence-electron chi connectivity index (χ0n) is 11.5. The van der Waals surface area contributed by atoms with E-state index in [1.165, 1.54) is 0 Å². The van der Waals surface area contributed by atoms with E-state index in [0.717, 1.165) is 38.8 Å². The first-order valence-corrected chi connectivity index (χ1v) is 6.88. The first-order valence-electron chi connectivity index (χ1n) is 6.88. The van der Waals surface area contributed by atoms with Gasteiger partial charge in [-0.3, -0.25) is 0 Å². The normalized spacial score (nSPS) is 25.5. The van der Waals surface area contributed by atoms with Gasteiger partial charge in [0.2, 0.25) is 11.7 Å². The van der Waals surface area contributed by atoms with E-state index in [-0.39, 0.29) is 5.60 Å². The van der Waals surface area contributed by atoms with Crippen molar-refractivity contribution in [2.75, 3.05) is 13.2 Å². The van der Waals surface area contributed by atoms with Crippen LogP contribution in [0, 0.1) is 0 Å². The van der Waals surface area contributed by atoms with E-state index in [1.54, 1.807) is 0 Å². The Morgan fingerprint density at radius 2 is 2.28 bits per heavy atom. The molecule has 1 saturated heterocycles. The lowest BCUT2D eigenvalue weighted by Crippen LogP contribution is -2.30. The summed E-state index contributed by atoms with van der Waals surface area (Å²) >= 11 is 0. The van der Waals surface area contributed by atoms with Crippen molar-refractivity contribution in [1.29, 1.82) is 0 Å². The molecule has 0 saturated carbocycles. The molecule has 1 aliphatic heterocycles. The van der Waals surface area contributed by atoms with Crippen LogP contribution in [0.15, 0.2) is 4.52 Å². The topological polar surface area (TPSA) is 60.2 Å². The van der Waals surface area contributed by atoms with Crippen LogP contribution in [-0.4, -0.2) is 29.3 Å². The lowest BCUT2D eigenvalue weighted by molar-refractivity contribution is 0.00768. The molecule has 1 aromatic rings. The number of nitrogens with one attached hydrogen (secondary N) is 1. The van der Waals surface area contributed by atoms with E-state index in [9.17, 15) is 0 Å². The Morgan fingerprint density at radius 1 is 1.44 bits per heavy atom. The zero-order chi connectivity index (χ0) is 13.0. The molecule has 18 heavy (non-hydrogen) atoms.